The number of aliphatic hydroxyl groups is 1. The number of benzene rings is 1. The molecule has 100 valence electrons. The van der Waals surface area contributed by atoms with Crippen molar-refractivity contribution in [2.24, 2.45) is 11.3 Å². The van der Waals surface area contributed by atoms with Gasteiger partial charge in [-0.05, 0) is 52.2 Å². The van der Waals surface area contributed by atoms with Gasteiger partial charge >= 0.3 is 0 Å². The highest BCUT2D eigenvalue weighted by molar-refractivity contribution is 9.10. The van der Waals surface area contributed by atoms with Gasteiger partial charge in [-0.15, -0.1) is 0 Å². The topological polar surface area (TPSA) is 20.2 Å². The van der Waals surface area contributed by atoms with Gasteiger partial charge in [-0.3, -0.25) is 0 Å². The van der Waals surface area contributed by atoms with E-state index in [0.29, 0.717) is 15.1 Å². The summed E-state index contributed by atoms with van der Waals surface area (Å²) in [5.41, 5.74) is 0.356. The lowest BCUT2D eigenvalue weighted by Crippen LogP contribution is -2.24. The quantitative estimate of drug-likeness (QED) is 0.745. The summed E-state index contributed by atoms with van der Waals surface area (Å²) in [7, 11) is 0. The van der Waals surface area contributed by atoms with E-state index in [2.05, 4.69) is 29.8 Å². The zero-order valence-electron chi connectivity index (χ0n) is 10.5. The Balaban J connectivity index is 2.34. The van der Waals surface area contributed by atoms with Crippen LogP contribution in [0.2, 0.25) is 5.02 Å². The Morgan fingerprint density at radius 3 is 2.72 bits per heavy atom. The maximum Gasteiger partial charge on any atom is 0.130 e. The minimum absolute atomic E-state index is 0.0470. The van der Waals surface area contributed by atoms with Gasteiger partial charge in [0.15, 0.2) is 0 Å². The lowest BCUT2D eigenvalue weighted by Gasteiger charge is -2.31. The molecule has 18 heavy (non-hydrogen) atoms. The smallest absolute Gasteiger partial charge is 0.130 e. The first-order valence-corrected chi connectivity index (χ1v) is 7.32. The molecule has 0 spiro atoms. The fraction of sp³-hybridized carbons (Fsp3) is 0.571. The highest BCUT2D eigenvalue weighted by Crippen LogP contribution is 2.49. The Morgan fingerprint density at radius 2 is 2.17 bits per heavy atom. The third kappa shape index (κ3) is 2.59. The van der Waals surface area contributed by atoms with Gasteiger partial charge in [0, 0.05) is 10.0 Å². The van der Waals surface area contributed by atoms with Crippen LogP contribution >= 0.6 is 27.5 Å². The van der Waals surface area contributed by atoms with Gasteiger partial charge in [-0.2, -0.15) is 0 Å². The molecule has 4 heteroatoms. The van der Waals surface area contributed by atoms with Crippen molar-refractivity contribution in [3.8, 4) is 0 Å². The molecule has 2 rings (SSSR count). The SMILES string of the molecule is CC1(C)CCCC1C(O)c1cc(Cl)c(Br)cc1F. The molecule has 1 N–H and O–H groups in total. The Labute approximate surface area is 120 Å². The minimum atomic E-state index is -0.784. The molecule has 0 aliphatic heterocycles. The van der Waals surface area contributed by atoms with Crippen LogP contribution in [-0.2, 0) is 0 Å². The largest absolute Gasteiger partial charge is 0.388 e. The van der Waals surface area contributed by atoms with E-state index in [4.69, 9.17) is 11.6 Å². The van der Waals surface area contributed by atoms with Crippen molar-refractivity contribution < 1.29 is 9.50 Å². The zero-order chi connectivity index (χ0) is 13.5. The summed E-state index contributed by atoms with van der Waals surface area (Å²) in [6.07, 6.45) is 2.30. The van der Waals surface area contributed by atoms with Gasteiger partial charge in [0.05, 0.1) is 11.1 Å². The molecule has 1 nitrogen and oxygen atoms in total. The summed E-state index contributed by atoms with van der Waals surface area (Å²) < 4.78 is 14.5. The predicted molar refractivity (Wildman–Crippen MR) is 75.2 cm³/mol. The molecule has 1 aromatic carbocycles. The summed E-state index contributed by atoms with van der Waals surface area (Å²) >= 11 is 9.16. The molecule has 1 aromatic rings. The lowest BCUT2D eigenvalue weighted by molar-refractivity contribution is 0.0505. The fourth-order valence-corrected chi connectivity index (χ4v) is 3.41. The second kappa shape index (κ2) is 5.10. The van der Waals surface area contributed by atoms with Crippen LogP contribution in [0.15, 0.2) is 16.6 Å². The summed E-state index contributed by atoms with van der Waals surface area (Å²) in [6, 6.07) is 2.85. The molecule has 0 aromatic heterocycles. The maximum absolute atomic E-state index is 13.9. The Morgan fingerprint density at radius 1 is 1.50 bits per heavy atom. The molecule has 0 heterocycles. The van der Waals surface area contributed by atoms with Crippen molar-refractivity contribution in [2.75, 3.05) is 0 Å². The van der Waals surface area contributed by atoms with Crippen molar-refractivity contribution in [2.45, 2.75) is 39.2 Å². The van der Waals surface area contributed by atoms with Crippen molar-refractivity contribution in [3.63, 3.8) is 0 Å². The van der Waals surface area contributed by atoms with E-state index in [-0.39, 0.29) is 11.3 Å². The van der Waals surface area contributed by atoms with Gasteiger partial charge in [0.2, 0.25) is 0 Å². The first-order valence-electron chi connectivity index (χ1n) is 6.15. The average molecular weight is 336 g/mol. The Bertz CT molecular complexity index is 461. The van der Waals surface area contributed by atoms with Crippen LogP contribution in [0.3, 0.4) is 0 Å². The highest BCUT2D eigenvalue weighted by atomic mass is 79.9. The van der Waals surface area contributed by atoms with E-state index in [1.807, 2.05) is 0 Å². The summed E-state index contributed by atoms with van der Waals surface area (Å²) in [5, 5.41) is 10.9. The Hall–Kier alpha value is -0.120. The molecule has 1 fully saturated rings. The van der Waals surface area contributed by atoms with Crippen LogP contribution in [0, 0.1) is 17.2 Å². The van der Waals surface area contributed by atoms with E-state index in [1.54, 1.807) is 0 Å². The number of rotatable bonds is 2. The van der Waals surface area contributed by atoms with Crippen LogP contribution in [0.1, 0.15) is 44.8 Å². The highest BCUT2D eigenvalue weighted by Gasteiger charge is 2.40. The van der Waals surface area contributed by atoms with Crippen LogP contribution in [0.4, 0.5) is 4.39 Å². The first-order chi connectivity index (χ1) is 8.33. The maximum atomic E-state index is 13.9. The minimum Gasteiger partial charge on any atom is -0.388 e. The Kier molecular flexibility index (Phi) is 4.05. The molecule has 2 atom stereocenters. The van der Waals surface area contributed by atoms with Crippen molar-refractivity contribution >= 4 is 27.5 Å². The second-order valence-corrected chi connectivity index (χ2v) is 6.98. The number of aliphatic hydroxyl groups excluding tert-OH is 1. The number of hydrogen-bond donors (Lipinski definition) is 1. The normalized spacial score (nSPS) is 24.2. The van der Waals surface area contributed by atoms with E-state index in [0.717, 1.165) is 19.3 Å². The molecule has 1 aliphatic carbocycles. The molecule has 2 unspecified atom stereocenters. The molecule has 0 bridgehead atoms. The molecule has 0 amide bonds. The molecule has 0 saturated heterocycles. The molecule has 1 aliphatic rings. The first kappa shape index (κ1) is 14.3. The van der Waals surface area contributed by atoms with Gasteiger partial charge in [0.25, 0.3) is 0 Å². The molecule has 1 saturated carbocycles. The molecule has 0 radical (unpaired) electrons. The average Bonchev–Trinajstić information content (AvgIpc) is 2.62. The predicted octanol–water partition coefficient (Wildman–Crippen LogP) is 5.10. The second-order valence-electron chi connectivity index (χ2n) is 5.72. The van der Waals surface area contributed by atoms with Gasteiger partial charge < -0.3 is 5.11 Å². The van der Waals surface area contributed by atoms with Crippen LogP contribution < -0.4 is 0 Å². The van der Waals surface area contributed by atoms with E-state index < -0.39 is 11.9 Å². The van der Waals surface area contributed by atoms with Gasteiger partial charge in [0.1, 0.15) is 5.82 Å². The third-order valence-corrected chi connectivity index (χ3v) is 5.28. The molecular formula is C14H17BrClFO. The van der Waals surface area contributed by atoms with Crippen molar-refractivity contribution in [1.29, 1.82) is 0 Å². The monoisotopic (exact) mass is 334 g/mol. The third-order valence-electron chi connectivity index (χ3n) is 4.08. The number of halogens is 3. The van der Waals surface area contributed by atoms with Crippen LogP contribution in [0.25, 0.3) is 0 Å². The van der Waals surface area contributed by atoms with E-state index in [1.165, 1.54) is 12.1 Å². The van der Waals surface area contributed by atoms with Crippen LogP contribution in [-0.4, -0.2) is 5.11 Å². The molecular weight excluding hydrogens is 319 g/mol. The van der Waals surface area contributed by atoms with Gasteiger partial charge in [-0.1, -0.05) is 31.9 Å². The standard InChI is InChI=1S/C14H17BrClFO/c1-14(2)5-3-4-9(14)13(18)8-6-11(16)10(15)7-12(8)17/h6-7,9,13,18H,3-5H2,1-2H3. The number of hydrogen-bond acceptors (Lipinski definition) is 1. The summed E-state index contributed by atoms with van der Waals surface area (Å²) in [4.78, 5) is 0. The van der Waals surface area contributed by atoms with Crippen LogP contribution in [0.5, 0.6) is 0 Å². The van der Waals surface area contributed by atoms with E-state index in [9.17, 15) is 9.50 Å². The van der Waals surface area contributed by atoms with Gasteiger partial charge in [-0.25, -0.2) is 4.39 Å². The summed E-state index contributed by atoms with van der Waals surface area (Å²) in [5.74, 6) is -0.314. The lowest BCUT2D eigenvalue weighted by atomic mass is 9.77. The van der Waals surface area contributed by atoms with E-state index >= 15 is 0 Å². The van der Waals surface area contributed by atoms with Crippen molar-refractivity contribution in [1.82, 2.24) is 0 Å². The van der Waals surface area contributed by atoms with Crippen molar-refractivity contribution in [3.05, 3.63) is 33.0 Å². The zero-order valence-corrected chi connectivity index (χ0v) is 12.9. The fourth-order valence-electron chi connectivity index (χ4n) is 2.92. The summed E-state index contributed by atoms with van der Waals surface area (Å²) in [6.45, 7) is 4.26.